The molecule has 2 atom stereocenters. The summed E-state index contributed by atoms with van der Waals surface area (Å²) >= 11 is 0. The zero-order chi connectivity index (χ0) is 20.4. The Morgan fingerprint density at radius 2 is 1.23 bits per heavy atom. The van der Waals surface area contributed by atoms with E-state index in [0.717, 1.165) is 36.1 Å². The van der Waals surface area contributed by atoms with Gasteiger partial charge in [-0.25, -0.2) is 0 Å². The smallest absolute Gasteiger partial charge is 0.244 e. The first-order chi connectivity index (χ1) is 14.8. The van der Waals surface area contributed by atoms with Crippen LogP contribution in [0.15, 0.2) is 103 Å². The maximum absolute atomic E-state index is 13.4. The van der Waals surface area contributed by atoms with Crippen LogP contribution in [-0.4, -0.2) is 29.4 Å². The summed E-state index contributed by atoms with van der Waals surface area (Å²) in [6.07, 6.45) is 6.42. The van der Waals surface area contributed by atoms with Gasteiger partial charge in [0, 0.05) is 6.54 Å². The Bertz CT molecular complexity index is 934. The lowest BCUT2D eigenvalue weighted by atomic mass is 9.76. The molecule has 1 amide bonds. The van der Waals surface area contributed by atoms with E-state index in [2.05, 4.69) is 90.3 Å². The number of rotatable bonds is 5. The highest BCUT2D eigenvalue weighted by Crippen LogP contribution is 2.38. The normalized spacial score (nSPS) is 20.9. The van der Waals surface area contributed by atoms with Crippen LogP contribution in [0.2, 0.25) is 0 Å². The van der Waals surface area contributed by atoms with Gasteiger partial charge in [-0.3, -0.25) is 10.1 Å². The average Bonchev–Trinajstić information content (AvgIpc) is 3.30. The number of hydrogen-bond acceptors (Lipinski definition) is 2. The molecule has 0 unspecified atom stereocenters. The average molecular weight is 395 g/mol. The third-order valence-electron chi connectivity index (χ3n) is 6.37. The molecular formula is C27H26N2O. The maximum atomic E-state index is 13.4. The molecule has 3 nitrogen and oxygen atoms in total. The molecule has 2 heterocycles. The molecule has 2 aliphatic rings. The molecule has 150 valence electrons. The van der Waals surface area contributed by atoms with E-state index in [-0.39, 0.29) is 18.0 Å². The summed E-state index contributed by atoms with van der Waals surface area (Å²) in [5.74, 6) is 0.173. The Morgan fingerprint density at radius 3 is 1.73 bits per heavy atom. The summed E-state index contributed by atoms with van der Waals surface area (Å²) in [6.45, 7) is 0.848. The molecule has 3 heteroatoms. The quantitative estimate of drug-likeness (QED) is 0.511. The molecule has 0 saturated carbocycles. The minimum Gasteiger partial charge on any atom is -0.335 e. The molecule has 0 radical (unpaired) electrons. The van der Waals surface area contributed by atoms with Crippen molar-refractivity contribution in [2.24, 2.45) is 0 Å². The van der Waals surface area contributed by atoms with Gasteiger partial charge < -0.3 is 4.90 Å². The second-order valence-corrected chi connectivity index (χ2v) is 8.10. The van der Waals surface area contributed by atoms with Crippen LogP contribution in [0.4, 0.5) is 0 Å². The van der Waals surface area contributed by atoms with Crippen molar-refractivity contribution >= 4 is 5.91 Å². The van der Waals surface area contributed by atoms with Crippen molar-refractivity contribution in [2.75, 3.05) is 6.54 Å². The zero-order valence-corrected chi connectivity index (χ0v) is 16.9. The van der Waals surface area contributed by atoms with E-state index in [4.69, 9.17) is 0 Å². The van der Waals surface area contributed by atoms with Gasteiger partial charge in [-0.15, -0.1) is 0 Å². The van der Waals surface area contributed by atoms with Crippen LogP contribution in [-0.2, 0) is 10.3 Å². The van der Waals surface area contributed by atoms with Crippen molar-refractivity contribution in [3.05, 3.63) is 120 Å². The Kier molecular flexibility index (Phi) is 4.97. The number of amides is 1. The fourth-order valence-electron chi connectivity index (χ4n) is 4.92. The molecular weight excluding hydrogens is 368 g/mol. The van der Waals surface area contributed by atoms with E-state index in [9.17, 15) is 4.79 Å². The zero-order valence-electron chi connectivity index (χ0n) is 16.9. The molecule has 0 aromatic heterocycles. The molecule has 3 aromatic carbocycles. The summed E-state index contributed by atoms with van der Waals surface area (Å²) in [5, 5.41) is 3.80. The topological polar surface area (TPSA) is 32.3 Å². The molecule has 0 bridgehead atoms. The van der Waals surface area contributed by atoms with Gasteiger partial charge in [0.15, 0.2) is 0 Å². The summed E-state index contributed by atoms with van der Waals surface area (Å²) in [6, 6.07) is 31.2. The Morgan fingerprint density at radius 1 is 0.733 bits per heavy atom. The van der Waals surface area contributed by atoms with Crippen molar-refractivity contribution in [3.63, 3.8) is 0 Å². The SMILES string of the molecule is O=C1[C@@H](NC(c2ccccc2)(c2ccccc2)c2ccccc2)C=C[C@@H]2CCCN12. The van der Waals surface area contributed by atoms with Crippen molar-refractivity contribution < 1.29 is 4.79 Å². The van der Waals surface area contributed by atoms with Crippen LogP contribution in [0.1, 0.15) is 29.5 Å². The molecule has 0 aliphatic carbocycles. The lowest BCUT2D eigenvalue weighted by Crippen LogP contribution is -2.57. The lowest BCUT2D eigenvalue weighted by molar-refractivity contribution is -0.133. The molecule has 2 aliphatic heterocycles. The molecule has 5 rings (SSSR count). The summed E-state index contributed by atoms with van der Waals surface area (Å²) in [4.78, 5) is 15.4. The monoisotopic (exact) mass is 394 g/mol. The molecule has 1 saturated heterocycles. The molecule has 1 N–H and O–H groups in total. The van der Waals surface area contributed by atoms with E-state index in [1.165, 1.54) is 0 Å². The minimum absolute atomic E-state index is 0.173. The second kappa shape index (κ2) is 7.92. The molecule has 30 heavy (non-hydrogen) atoms. The predicted molar refractivity (Wildman–Crippen MR) is 120 cm³/mol. The van der Waals surface area contributed by atoms with Gasteiger partial charge in [0.2, 0.25) is 5.91 Å². The Labute approximate surface area is 178 Å². The fraction of sp³-hybridized carbons (Fsp3) is 0.222. The number of nitrogens with zero attached hydrogens (tertiary/aromatic N) is 1. The third kappa shape index (κ3) is 3.16. The highest BCUT2D eigenvalue weighted by Gasteiger charge is 2.42. The second-order valence-electron chi connectivity index (χ2n) is 8.10. The van der Waals surface area contributed by atoms with Crippen molar-refractivity contribution in [1.29, 1.82) is 0 Å². The van der Waals surface area contributed by atoms with Crippen LogP contribution >= 0.6 is 0 Å². The predicted octanol–water partition coefficient (Wildman–Crippen LogP) is 4.50. The van der Waals surface area contributed by atoms with Gasteiger partial charge in [0.25, 0.3) is 0 Å². The maximum Gasteiger partial charge on any atom is 0.244 e. The van der Waals surface area contributed by atoms with Crippen molar-refractivity contribution in [1.82, 2.24) is 10.2 Å². The van der Waals surface area contributed by atoms with E-state index < -0.39 is 5.54 Å². The minimum atomic E-state index is -0.638. The molecule has 0 spiro atoms. The summed E-state index contributed by atoms with van der Waals surface area (Å²) in [7, 11) is 0. The highest BCUT2D eigenvalue weighted by molar-refractivity contribution is 5.86. The molecule has 3 aromatic rings. The van der Waals surface area contributed by atoms with Gasteiger partial charge in [0.1, 0.15) is 6.04 Å². The number of benzene rings is 3. The van der Waals surface area contributed by atoms with Crippen LogP contribution < -0.4 is 5.32 Å². The number of carbonyl (C=O) groups is 1. The fourth-order valence-corrected chi connectivity index (χ4v) is 4.92. The van der Waals surface area contributed by atoms with Crippen LogP contribution in [0, 0.1) is 0 Å². The van der Waals surface area contributed by atoms with E-state index >= 15 is 0 Å². The number of fused-ring (bicyclic) bond motifs is 1. The van der Waals surface area contributed by atoms with E-state index in [0.29, 0.717) is 0 Å². The van der Waals surface area contributed by atoms with Gasteiger partial charge >= 0.3 is 0 Å². The van der Waals surface area contributed by atoms with Crippen LogP contribution in [0.25, 0.3) is 0 Å². The third-order valence-corrected chi connectivity index (χ3v) is 6.37. The van der Waals surface area contributed by atoms with Gasteiger partial charge in [-0.1, -0.05) is 103 Å². The van der Waals surface area contributed by atoms with Gasteiger partial charge in [-0.05, 0) is 29.5 Å². The summed E-state index contributed by atoms with van der Waals surface area (Å²) < 4.78 is 0. The largest absolute Gasteiger partial charge is 0.335 e. The first-order valence-corrected chi connectivity index (χ1v) is 10.7. The van der Waals surface area contributed by atoms with E-state index in [1.807, 2.05) is 23.1 Å². The van der Waals surface area contributed by atoms with E-state index in [1.54, 1.807) is 0 Å². The van der Waals surface area contributed by atoms with Crippen molar-refractivity contribution in [2.45, 2.75) is 30.5 Å². The van der Waals surface area contributed by atoms with Gasteiger partial charge in [0.05, 0.1) is 11.6 Å². The van der Waals surface area contributed by atoms with Gasteiger partial charge in [-0.2, -0.15) is 0 Å². The number of nitrogens with one attached hydrogen (secondary N) is 1. The first-order valence-electron chi connectivity index (χ1n) is 10.7. The highest BCUT2D eigenvalue weighted by atomic mass is 16.2. The summed E-state index contributed by atoms with van der Waals surface area (Å²) in [5.41, 5.74) is 2.72. The lowest BCUT2D eigenvalue weighted by Gasteiger charge is -2.41. The Balaban J connectivity index is 1.68. The standard InChI is InChI=1S/C27H26N2O/c30-26-25(19-18-24-17-10-20-29(24)26)28-27(21-11-4-1-5-12-21,22-13-6-2-7-14-22)23-15-8-3-9-16-23/h1-9,11-16,18-19,24-25,28H,10,17,20H2/t24-,25-/m0/s1. The first kappa shape index (κ1) is 18.8. The number of carbonyl (C=O) groups excluding carboxylic acids is 1. The van der Waals surface area contributed by atoms with Crippen LogP contribution in [0.5, 0.6) is 0 Å². The van der Waals surface area contributed by atoms with Crippen LogP contribution in [0.3, 0.4) is 0 Å². The Hall–Kier alpha value is -3.17. The van der Waals surface area contributed by atoms with Crippen molar-refractivity contribution in [3.8, 4) is 0 Å². The molecule has 1 fully saturated rings. The number of hydrogen-bond donors (Lipinski definition) is 1.